The van der Waals surface area contributed by atoms with E-state index in [9.17, 15) is 14.3 Å². The summed E-state index contributed by atoms with van der Waals surface area (Å²) in [7, 11) is 0. The molecule has 1 atom stereocenters. The van der Waals surface area contributed by atoms with Gasteiger partial charge in [0.1, 0.15) is 11.9 Å². The van der Waals surface area contributed by atoms with Crippen molar-refractivity contribution in [3.8, 4) is 0 Å². The molecule has 2 aromatic rings. The molecule has 4 nitrogen and oxygen atoms in total. The third kappa shape index (κ3) is 4.13. The lowest BCUT2D eigenvalue weighted by Crippen LogP contribution is -2.49. The van der Waals surface area contributed by atoms with Gasteiger partial charge in [-0.1, -0.05) is 30.3 Å². The van der Waals surface area contributed by atoms with E-state index in [1.165, 1.54) is 12.1 Å². The molecule has 0 amide bonds. The van der Waals surface area contributed by atoms with Gasteiger partial charge in [-0.05, 0) is 29.8 Å². The Morgan fingerprint density at radius 1 is 0.958 bits per heavy atom. The zero-order chi connectivity index (χ0) is 16.2. The minimum absolute atomic E-state index is 0. The number of carbonyl (C=O) groups is 1. The summed E-state index contributed by atoms with van der Waals surface area (Å²) in [6.45, 7) is 2.86. The molecule has 2 aromatic carbocycles. The summed E-state index contributed by atoms with van der Waals surface area (Å²) in [6.07, 6.45) is 0. The second kappa shape index (κ2) is 8.26. The molecule has 0 aromatic heterocycles. The fourth-order valence-electron chi connectivity index (χ4n) is 3.03. The molecule has 3 rings (SSSR count). The van der Waals surface area contributed by atoms with Crippen molar-refractivity contribution < 1.29 is 14.3 Å². The maximum Gasteiger partial charge on any atom is 0.325 e. The number of carboxylic acids is 1. The average molecular weight is 395 g/mol. The fraction of sp³-hybridized carbons (Fsp3) is 0.278. The highest BCUT2D eigenvalue weighted by molar-refractivity contribution is 8.93. The third-order valence-electron chi connectivity index (χ3n) is 4.22. The largest absolute Gasteiger partial charge is 0.480 e. The Morgan fingerprint density at radius 2 is 1.54 bits per heavy atom. The molecule has 0 saturated carbocycles. The number of para-hydroxylation sites is 1. The van der Waals surface area contributed by atoms with Crippen molar-refractivity contribution in [3.63, 3.8) is 0 Å². The van der Waals surface area contributed by atoms with Crippen LogP contribution in [0.5, 0.6) is 0 Å². The summed E-state index contributed by atoms with van der Waals surface area (Å²) >= 11 is 0. The molecule has 1 saturated heterocycles. The minimum Gasteiger partial charge on any atom is -0.480 e. The quantitative estimate of drug-likeness (QED) is 0.863. The van der Waals surface area contributed by atoms with Crippen molar-refractivity contribution in [2.24, 2.45) is 0 Å². The van der Waals surface area contributed by atoms with Crippen LogP contribution in [0.3, 0.4) is 0 Å². The second-order valence-electron chi connectivity index (χ2n) is 5.65. The van der Waals surface area contributed by atoms with Crippen molar-refractivity contribution >= 4 is 28.6 Å². The number of hydrogen-bond acceptors (Lipinski definition) is 3. The number of nitrogens with zero attached hydrogens (tertiary/aromatic N) is 2. The van der Waals surface area contributed by atoms with E-state index in [-0.39, 0.29) is 22.8 Å². The lowest BCUT2D eigenvalue weighted by atomic mass is 10.0. The molecular formula is C18H20BrFN2O2. The van der Waals surface area contributed by atoms with Crippen LogP contribution in [0.2, 0.25) is 0 Å². The lowest BCUT2D eigenvalue weighted by molar-refractivity contribution is -0.143. The number of carboxylic acid groups (broad SMARTS) is 1. The van der Waals surface area contributed by atoms with Crippen molar-refractivity contribution in [1.82, 2.24) is 4.90 Å². The molecule has 1 N–H and O–H groups in total. The third-order valence-corrected chi connectivity index (χ3v) is 4.22. The summed E-state index contributed by atoms with van der Waals surface area (Å²) in [6, 6.07) is 15.1. The van der Waals surface area contributed by atoms with Gasteiger partial charge in [-0.3, -0.25) is 9.69 Å². The first kappa shape index (κ1) is 18.4. The van der Waals surface area contributed by atoms with Gasteiger partial charge in [0.15, 0.2) is 0 Å². The van der Waals surface area contributed by atoms with E-state index in [1.807, 2.05) is 23.1 Å². The highest BCUT2D eigenvalue weighted by Gasteiger charge is 2.30. The van der Waals surface area contributed by atoms with Crippen LogP contribution in [-0.4, -0.2) is 42.2 Å². The standard InChI is InChI=1S/C18H19FN2O2.BrH/c19-15-8-6-14(7-9-15)17(18(22)23)21-12-10-20(11-13-21)16-4-2-1-3-5-16;/h1-9,17H,10-13H2,(H,22,23);1H. The van der Waals surface area contributed by atoms with Crippen LogP contribution in [-0.2, 0) is 4.79 Å². The Morgan fingerprint density at radius 3 is 2.08 bits per heavy atom. The van der Waals surface area contributed by atoms with Crippen molar-refractivity contribution in [2.75, 3.05) is 31.1 Å². The van der Waals surface area contributed by atoms with Crippen LogP contribution >= 0.6 is 17.0 Å². The van der Waals surface area contributed by atoms with E-state index in [0.717, 1.165) is 18.8 Å². The maximum atomic E-state index is 13.1. The smallest absolute Gasteiger partial charge is 0.325 e. The van der Waals surface area contributed by atoms with E-state index in [4.69, 9.17) is 0 Å². The van der Waals surface area contributed by atoms with Crippen molar-refractivity contribution in [3.05, 3.63) is 66.0 Å². The van der Waals surface area contributed by atoms with Gasteiger partial charge >= 0.3 is 5.97 Å². The Labute approximate surface area is 151 Å². The first-order valence-electron chi connectivity index (χ1n) is 7.67. The molecule has 0 aliphatic carbocycles. The van der Waals surface area contributed by atoms with Crippen molar-refractivity contribution in [1.29, 1.82) is 0 Å². The molecule has 128 valence electrons. The van der Waals surface area contributed by atoms with Gasteiger partial charge in [0, 0.05) is 31.9 Å². The zero-order valence-corrected chi connectivity index (χ0v) is 14.9. The summed E-state index contributed by atoms with van der Waals surface area (Å²) in [5, 5.41) is 9.58. The predicted molar refractivity (Wildman–Crippen MR) is 97.3 cm³/mol. The topological polar surface area (TPSA) is 43.8 Å². The second-order valence-corrected chi connectivity index (χ2v) is 5.65. The van der Waals surface area contributed by atoms with Crippen molar-refractivity contribution in [2.45, 2.75) is 6.04 Å². The van der Waals surface area contributed by atoms with E-state index < -0.39 is 12.0 Å². The van der Waals surface area contributed by atoms with Gasteiger partial charge < -0.3 is 10.0 Å². The van der Waals surface area contributed by atoms with Gasteiger partial charge in [0.2, 0.25) is 0 Å². The van der Waals surface area contributed by atoms with Gasteiger partial charge in [0.05, 0.1) is 0 Å². The zero-order valence-electron chi connectivity index (χ0n) is 13.1. The van der Waals surface area contributed by atoms with Crippen LogP contribution < -0.4 is 4.90 Å². The summed E-state index contributed by atoms with van der Waals surface area (Å²) in [5.41, 5.74) is 1.77. The van der Waals surface area contributed by atoms with E-state index in [1.54, 1.807) is 12.1 Å². The SMILES string of the molecule is Br.O=C(O)C(c1ccc(F)cc1)N1CCN(c2ccccc2)CC1. The Hall–Kier alpha value is -1.92. The van der Waals surface area contributed by atoms with Gasteiger partial charge in [-0.25, -0.2) is 4.39 Å². The molecule has 6 heteroatoms. The molecule has 1 aliphatic heterocycles. The molecule has 0 radical (unpaired) electrons. The van der Waals surface area contributed by atoms with Crippen LogP contribution in [0.1, 0.15) is 11.6 Å². The summed E-state index contributed by atoms with van der Waals surface area (Å²) < 4.78 is 13.1. The van der Waals surface area contributed by atoms with Crippen LogP contribution in [0.25, 0.3) is 0 Å². The number of hydrogen-bond donors (Lipinski definition) is 1. The van der Waals surface area contributed by atoms with Gasteiger partial charge in [-0.2, -0.15) is 0 Å². The summed E-state index contributed by atoms with van der Waals surface area (Å²) in [4.78, 5) is 15.9. The highest BCUT2D eigenvalue weighted by atomic mass is 79.9. The lowest BCUT2D eigenvalue weighted by Gasteiger charge is -2.38. The Balaban J connectivity index is 0.00000208. The first-order chi connectivity index (χ1) is 11.1. The molecular weight excluding hydrogens is 375 g/mol. The molecule has 1 heterocycles. The van der Waals surface area contributed by atoms with Gasteiger partial charge in [-0.15, -0.1) is 17.0 Å². The molecule has 0 bridgehead atoms. The first-order valence-corrected chi connectivity index (χ1v) is 7.67. The molecule has 0 spiro atoms. The van der Waals surface area contributed by atoms with E-state index >= 15 is 0 Å². The Bertz CT molecular complexity index is 658. The van der Waals surface area contributed by atoms with Gasteiger partial charge in [0.25, 0.3) is 0 Å². The molecule has 1 fully saturated rings. The highest BCUT2D eigenvalue weighted by Crippen LogP contribution is 2.24. The van der Waals surface area contributed by atoms with Crippen LogP contribution in [0.4, 0.5) is 10.1 Å². The number of rotatable bonds is 4. The predicted octanol–water partition coefficient (Wildman–Crippen LogP) is 3.35. The van der Waals surface area contributed by atoms with Crippen LogP contribution in [0.15, 0.2) is 54.6 Å². The molecule has 1 unspecified atom stereocenters. The number of halogens is 2. The molecule has 1 aliphatic rings. The summed E-state index contributed by atoms with van der Waals surface area (Å²) in [5.74, 6) is -1.25. The van der Waals surface area contributed by atoms with Crippen LogP contribution in [0, 0.1) is 5.82 Å². The monoisotopic (exact) mass is 394 g/mol. The van der Waals surface area contributed by atoms with E-state index in [0.29, 0.717) is 18.7 Å². The normalized spacial score (nSPS) is 16.3. The number of benzene rings is 2. The average Bonchev–Trinajstić information content (AvgIpc) is 2.58. The molecule has 24 heavy (non-hydrogen) atoms. The minimum atomic E-state index is -0.898. The number of piperazine rings is 1. The Kier molecular flexibility index (Phi) is 6.34. The fourth-order valence-corrected chi connectivity index (χ4v) is 3.03. The number of anilines is 1. The van der Waals surface area contributed by atoms with E-state index in [2.05, 4.69) is 17.0 Å². The maximum absolute atomic E-state index is 13.1. The number of aliphatic carboxylic acids is 1.